The SMILES string of the molecule is Cc1ccc2c(c1)c(C(=O)C(C)N)cn2C. The maximum absolute atomic E-state index is 11.9. The summed E-state index contributed by atoms with van der Waals surface area (Å²) in [6, 6.07) is 5.65. The smallest absolute Gasteiger partial charge is 0.181 e. The van der Waals surface area contributed by atoms with Crippen LogP contribution < -0.4 is 5.73 Å². The Labute approximate surface area is 94.9 Å². The number of fused-ring (bicyclic) bond motifs is 1. The molecule has 1 aromatic heterocycles. The third-order valence-electron chi connectivity index (χ3n) is 2.82. The molecule has 3 heteroatoms. The first-order valence-electron chi connectivity index (χ1n) is 5.36. The van der Waals surface area contributed by atoms with Crippen molar-refractivity contribution in [3.05, 3.63) is 35.5 Å². The van der Waals surface area contributed by atoms with Crippen molar-refractivity contribution in [2.24, 2.45) is 12.8 Å². The molecule has 2 aromatic rings. The highest BCUT2D eigenvalue weighted by Gasteiger charge is 2.16. The first-order valence-corrected chi connectivity index (χ1v) is 5.36. The van der Waals surface area contributed by atoms with Crippen molar-refractivity contribution < 1.29 is 4.79 Å². The predicted molar refractivity (Wildman–Crippen MR) is 65.6 cm³/mol. The lowest BCUT2D eigenvalue weighted by atomic mass is 10.0. The number of nitrogens with two attached hydrogens (primary N) is 1. The highest BCUT2D eigenvalue weighted by Crippen LogP contribution is 2.22. The van der Waals surface area contributed by atoms with Gasteiger partial charge in [-0.15, -0.1) is 0 Å². The largest absolute Gasteiger partial charge is 0.350 e. The molecule has 2 rings (SSSR count). The molecule has 0 radical (unpaired) electrons. The highest BCUT2D eigenvalue weighted by atomic mass is 16.1. The van der Waals surface area contributed by atoms with E-state index in [1.165, 1.54) is 0 Å². The van der Waals surface area contributed by atoms with Gasteiger partial charge in [-0.05, 0) is 26.0 Å². The van der Waals surface area contributed by atoms with E-state index in [1.54, 1.807) is 6.92 Å². The van der Waals surface area contributed by atoms with Gasteiger partial charge in [0.05, 0.1) is 6.04 Å². The first kappa shape index (κ1) is 10.9. The van der Waals surface area contributed by atoms with Gasteiger partial charge >= 0.3 is 0 Å². The Bertz CT molecular complexity index is 552. The van der Waals surface area contributed by atoms with Crippen molar-refractivity contribution in [3.63, 3.8) is 0 Å². The van der Waals surface area contributed by atoms with E-state index in [9.17, 15) is 4.79 Å². The van der Waals surface area contributed by atoms with E-state index in [-0.39, 0.29) is 5.78 Å². The van der Waals surface area contributed by atoms with Gasteiger partial charge in [-0.1, -0.05) is 11.6 Å². The monoisotopic (exact) mass is 216 g/mol. The van der Waals surface area contributed by atoms with E-state index in [1.807, 2.05) is 42.9 Å². The van der Waals surface area contributed by atoms with Crippen LogP contribution in [0.5, 0.6) is 0 Å². The molecule has 1 heterocycles. The molecule has 1 unspecified atom stereocenters. The van der Waals surface area contributed by atoms with Crippen LogP contribution in [0.15, 0.2) is 24.4 Å². The Hall–Kier alpha value is -1.61. The van der Waals surface area contributed by atoms with E-state index < -0.39 is 6.04 Å². The van der Waals surface area contributed by atoms with Crippen LogP contribution in [0.4, 0.5) is 0 Å². The van der Waals surface area contributed by atoms with Gasteiger partial charge < -0.3 is 10.3 Å². The Morgan fingerprint density at radius 2 is 2.12 bits per heavy atom. The maximum Gasteiger partial charge on any atom is 0.181 e. The van der Waals surface area contributed by atoms with Crippen molar-refractivity contribution in [1.82, 2.24) is 4.57 Å². The van der Waals surface area contributed by atoms with E-state index in [0.29, 0.717) is 0 Å². The molecule has 1 aromatic carbocycles. The minimum absolute atomic E-state index is 0.00352. The number of carbonyl (C=O) groups is 1. The van der Waals surface area contributed by atoms with Crippen LogP contribution in [-0.4, -0.2) is 16.4 Å². The summed E-state index contributed by atoms with van der Waals surface area (Å²) in [5, 5.41) is 0.991. The minimum atomic E-state index is -0.453. The summed E-state index contributed by atoms with van der Waals surface area (Å²) in [4.78, 5) is 11.9. The van der Waals surface area contributed by atoms with Crippen molar-refractivity contribution in [1.29, 1.82) is 0 Å². The zero-order valence-electron chi connectivity index (χ0n) is 9.82. The molecule has 1 atom stereocenters. The standard InChI is InChI=1S/C13H16N2O/c1-8-4-5-12-10(6-8)11(7-15(12)3)13(16)9(2)14/h4-7,9H,14H2,1-3H3. The second-order valence-corrected chi connectivity index (χ2v) is 4.33. The summed E-state index contributed by atoms with van der Waals surface area (Å²) in [5.74, 6) is -0.00352. The molecule has 84 valence electrons. The summed E-state index contributed by atoms with van der Waals surface area (Å²) in [6.45, 7) is 3.74. The van der Waals surface area contributed by atoms with Crippen LogP contribution in [0.3, 0.4) is 0 Å². The molecule has 3 nitrogen and oxygen atoms in total. The van der Waals surface area contributed by atoms with Crippen molar-refractivity contribution >= 4 is 16.7 Å². The van der Waals surface area contributed by atoms with Crippen LogP contribution in [0, 0.1) is 6.92 Å². The van der Waals surface area contributed by atoms with Crippen LogP contribution in [-0.2, 0) is 7.05 Å². The lowest BCUT2D eigenvalue weighted by Gasteiger charge is -2.02. The zero-order chi connectivity index (χ0) is 11.9. The number of nitrogens with zero attached hydrogens (tertiary/aromatic N) is 1. The second-order valence-electron chi connectivity index (χ2n) is 4.33. The maximum atomic E-state index is 11.9. The number of rotatable bonds is 2. The molecule has 0 saturated carbocycles. The molecule has 16 heavy (non-hydrogen) atoms. The lowest BCUT2D eigenvalue weighted by Crippen LogP contribution is -2.26. The third-order valence-corrected chi connectivity index (χ3v) is 2.82. The van der Waals surface area contributed by atoms with Crippen molar-refractivity contribution in [2.45, 2.75) is 19.9 Å². The topological polar surface area (TPSA) is 48.0 Å². The fraction of sp³-hybridized carbons (Fsp3) is 0.308. The Morgan fingerprint density at radius 1 is 1.44 bits per heavy atom. The normalized spacial score (nSPS) is 13.0. The molecular formula is C13H16N2O. The average Bonchev–Trinajstić information content (AvgIpc) is 2.54. The lowest BCUT2D eigenvalue weighted by molar-refractivity contribution is 0.0969. The van der Waals surface area contributed by atoms with E-state index in [0.717, 1.165) is 22.0 Å². The van der Waals surface area contributed by atoms with Crippen molar-refractivity contribution in [3.8, 4) is 0 Å². The Kier molecular flexibility index (Phi) is 2.56. The number of aryl methyl sites for hydroxylation is 2. The van der Waals surface area contributed by atoms with Crippen LogP contribution in [0.25, 0.3) is 10.9 Å². The van der Waals surface area contributed by atoms with Gasteiger partial charge in [-0.3, -0.25) is 4.79 Å². The van der Waals surface area contributed by atoms with Crippen LogP contribution in [0.2, 0.25) is 0 Å². The average molecular weight is 216 g/mol. The number of ketones is 1. The minimum Gasteiger partial charge on any atom is -0.350 e. The summed E-state index contributed by atoms with van der Waals surface area (Å²) >= 11 is 0. The molecule has 0 aliphatic carbocycles. The third kappa shape index (κ3) is 1.63. The quantitative estimate of drug-likeness (QED) is 0.781. The summed E-state index contributed by atoms with van der Waals surface area (Å²) in [5.41, 5.74) is 8.58. The molecule has 0 aliphatic heterocycles. The zero-order valence-corrected chi connectivity index (χ0v) is 9.82. The number of carbonyl (C=O) groups excluding carboxylic acids is 1. The summed E-state index contributed by atoms with van der Waals surface area (Å²) in [6.07, 6.45) is 1.86. The van der Waals surface area contributed by atoms with Gasteiger partial charge in [0.25, 0.3) is 0 Å². The molecule has 2 N–H and O–H groups in total. The van der Waals surface area contributed by atoms with Gasteiger partial charge in [0.1, 0.15) is 0 Å². The summed E-state index contributed by atoms with van der Waals surface area (Å²) < 4.78 is 1.96. The number of hydrogen-bond donors (Lipinski definition) is 1. The van der Waals surface area contributed by atoms with E-state index >= 15 is 0 Å². The fourth-order valence-corrected chi connectivity index (χ4v) is 1.95. The Balaban J connectivity index is 2.71. The van der Waals surface area contributed by atoms with Crippen LogP contribution >= 0.6 is 0 Å². The number of hydrogen-bond acceptors (Lipinski definition) is 2. The molecule has 0 saturated heterocycles. The van der Waals surface area contributed by atoms with Crippen LogP contribution in [0.1, 0.15) is 22.8 Å². The van der Waals surface area contributed by atoms with Gasteiger partial charge in [0, 0.05) is 29.7 Å². The molecule has 0 aliphatic rings. The van der Waals surface area contributed by atoms with Gasteiger partial charge in [0.2, 0.25) is 0 Å². The highest BCUT2D eigenvalue weighted by molar-refractivity contribution is 6.10. The number of Topliss-reactive ketones (excluding diaryl/α,β-unsaturated/α-hetero) is 1. The van der Waals surface area contributed by atoms with E-state index in [4.69, 9.17) is 5.73 Å². The van der Waals surface area contributed by atoms with Gasteiger partial charge in [0.15, 0.2) is 5.78 Å². The predicted octanol–water partition coefficient (Wildman–Crippen LogP) is 2.02. The Morgan fingerprint density at radius 3 is 2.75 bits per heavy atom. The van der Waals surface area contributed by atoms with Gasteiger partial charge in [-0.2, -0.15) is 0 Å². The number of aromatic nitrogens is 1. The van der Waals surface area contributed by atoms with Crippen molar-refractivity contribution in [2.75, 3.05) is 0 Å². The molecule has 0 spiro atoms. The fourth-order valence-electron chi connectivity index (χ4n) is 1.95. The molecule has 0 fully saturated rings. The molecular weight excluding hydrogens is 200 g/mol. The van der Waals surface area contributed by atoms with Gasteiger partial charge in [-0.25, -0.2) is 0 Å². The van der Waals surface area contributed by atoms with E-state index in [2.05, 4.69) is 0 Å². The second kappa shape index (κ2) is 3.76. The summed E-state index contributed by atoms with van der Waals surface area (Å²) in [7, 11) is 1.94. The first-order chi connectivity index (χ1) is 7.50. The number of benzene rings is 1. The molecule has 0 bridgehead atoms. The molecule has 0 amide bonds.